The molecule has 0 unspecified atom stereocenters. The Kier molecular flexibility index (Phi) is 9.93. The number of hydrogen-bond donors (Lipinski definition) is 0. The van der Waals surface area contributed by atoms with Gasteiger partial charge in [0.2, 0.25) is 0 Å². The number of allylic oxidation sites excluding steroid dienone is 2. The fourth-order valence-electron chi connectivity index (χ4n) is 9.14. The van der Waals surface area contributed by atoms with E-state index >= 15 is 0 Å². The number of fused-ring (bicyclic) bond motifs is 3. The molecule has 0 saturated heterocycles. The summed E-state index contributed by atoms with van der Waals surface area (Å²) in [5.41, 5.74) is 11.1. The molecule has 5 heteroatoms. The Morgan fingerprint density at radius 2 is 1.51 bits per heavy atom. The summed E-state index contributed by atoms with van der Waals surface area (Å²) in [6, 6.07) is 26.1. The maximum Gasteiger partial charge on any atom is 0.137 e. The molecule has 0 spiro atoms. The van der Waals surface area contributed by atoms with Gasteiger partial charge >= 0.3 is 0 Å². The Hall–Kier alpha value is -4.64. The fraction of sp³-hybridized carbons (Fsp3) is 0.440. The average Bonchev–Trinajstić information content (AvgIpc) is 3.59. The highest BCUT2D eigenvalue weighted by atomic mass is 16.5. The van der Waals surface area contributed by atoms with Crippen LogP contribution in [-0.4, -0.2) is 19.3 Å². The summed E-state index contributed by atoms with van der Waals surface area (Å²) in [6.07, 6.45) is 7.80. The predicted octanol–water partition coefficient (Wildman–Crippen LogP) is 13.8. The number of nitrogens with zero attached hydrogens (tertiary/aromatic N) is 4. The normalized spacial score (nSPS) is 18.3. The van der Waals surface area contributed by atoms with Crippen molar-refractivity contribution in [3.05, 3.63) is 119 Å². The van der Waals surface area contributed by atoms with Crippen molar-refractivity contribution in [2.45, 2.75) is 121 Å². The lowest BCUT2D eigenvalue weighted by atomic mass is 9.58. The van der Waals surface area contributed by atoms with Gasteiger partial charge in [-0.2, -0.15) is 5.10 Å². The van der Waals surface area contributed by atoms with Gasteiger partial charge in [-0.1, -0.05) is 112 Å². The number of ether oxygens (including phenoxy) is 1. The van der Waals surface area contributed by atoms with Crippen LogP contribution in [0.5, 0.6) is 11.5 Å². The molecule has 3 aromatic heterocycles. The summed E-state index contributed by atoms with van der Waals surface area (Å²) in [7, 11) is 0. The summed E-state index contributed by atoms with van der Waals surface area (Å²) in [6.45, 7) is 30.3. The smallest absolute Gasteiger partial charge is 0.137 e. The highest BCUT2D eigenvalue weighted by Gasteiger charge is 2.44. The van der Waals surface area contributed by atoms with E-state index in [0.717, 1.165) is 52.6 Å². The summed E-state index contributed by atoms with van der Waals surface area (Å²) in [5.74, 6) is 3.88. The first-order valence-electron chi connectivity index (χ1n) is 20.5. The summed E-state index contributed by atoms with van der Waals surface area (Å²) in [5, 5.41) is 7.72. The highest BCUT2D eigenvalue weighted by molar-refractivity contribution is 6.09. The van der Waals surface area contributed by atoms with Crippen molar-refractivity contribution in [2.24, 2.45) is 22.7 Å². The van der Waals surface area contributed by atoms with Crippen molar-refractivity contribution < 1.29 is 4.74 Å². The summed E-state index contributed by atoms with van der Waals surface area (Å²) >= 11 is 0. The third kappa shape index (κ3) is 7.39. The minimum Gasteiger partial charge on any atom is -0.457 e. The molecule has 288 valence electrons. The van der Waals surface area contributed by atoms with Crippen LogP contribution in [0, 0.1) is 36.5 Å². The SMILES string of the molecule is CCCc1ccnc(-n2c3ccccc3c3ccc(Oc4cc(-n5nc(C)c([C@H]6C(C(C)(C)C)=C[C@H](C)C[C@@H]6C(C)(C)C)c5C)cc(C(C)(C)C)c4)cc32)c1. The minimum atomic E-state index is -0.0996. The predicted molar refractivity (Wildman–Crippen MR) is 231 cm³/mol. The second-order valence-corrected chi connectivity index (χ2v) is 19.4. The molecule has 3 aromatic carbocycles. The third-order valence-electron chi connectivity index (χ3n) is 11.9. The first-order chi connectivity index (χ1) is 25.8. The topological polar surface area (TPSA) is 44.9 Å². The van der Waals surface area contributed by atoms with E-state index in [1.165, 1.54) is 39.6 Å². The lowest BCUT2D eigenvalue weighted by molar-refractivity contribution is 0.162. The molecule has 0 fully saturated rings. The van der Waals surface area contributed by atoms with E-state index in [-0.39, 0.29) is 16.2 Å². The van der Waals surface area contributed by atoms with E-state index in [2.05, 4.69) is 178 Å². The quantitative estimate of drug-likeness (QED) is 0.153. The fourth-order valence-corrected chi connectivity index (χ4v) is 9.14. The van der Waals surface area contributed by atoms with Crippen LogP contribution in [0.15, 0.2) is 90.6 Å². The monoisotopic (exact) mass is 734 g/mol. The van der Waals surface area contributed by atoms with E-state index < -0.39 is 0 Å². The average molecular weight is 735 g/mol. The standard InChI is InChI=1S/C50H62N4O/c1-14-17-34-22-23-51-45(26-34)53-43-19-16-15-18-39(43)40-21-20-37(30-44(40)53)55-38-28-35(48(5,6)7)27-36(29-38)54-33(4)46(32(3)52-54)47-41(49(8,9)10)24-31(2)25-42(47)50(11,12)13/h15-16,18-24,26-31,42,47H,14,17,25H2,1-13H3/t31-,42-,47-/m0/s1. The lowest BCUT2D eigenvalue weighted by Gasteiger charge is -2.46. The zero-order valence-electron chi connectivity index (χ0n) is 35.6. The van der Waals surface area contributed by atoms with Gasteiger partial charge in [-0.15, -0.1) is 0 Å². The van der Waals surface area contributed by atoms with Crippen molar-refractivity contribution >= 4 is 21.8 Å². The Labute approximate surface area is 329 Å². The Morgan fingerprint density at radius 1 is 0.782 bits per heavy atom. The van der Waals surface area contributed by atoms with E-state index in [1.54, 1.807) is 5.57 Å². The molecule has 6 aromatic rings. The molecular formula is C50H62N4O. The first-order valence-corrected chi connectivity index (χ1v) is 20.5. The number of rotatable bonds is 7. The molecule has 0 radical (unpaired) electrons. The van der Waals surface area contributed by atoms with Crippen LogP contribution in [0.3, 0.4) is 0 Å². The van der Waals surface area contributed by atoms with Gasteiger partial charge in [0.15, 0.2) is 0 Å². The molecule has 0 N–H and O–H groups in total. The number of aromatic nitrogens is 4. The highest BCUT2D eigenvalue weighted by Crippen LogP contribution is 2.54. The largest absolute Gasteiger partial charge is 0.457 e. The van der Waals surface area contributed by atoms with Crippen LogP contribution in [0.1, 0.15) is 123 Å². The molecule has 3 heterocycles. The van der Waals surface area contributed by atoms with Crippen molar-refractivity contribution in [1.82, 2.24) is 19.3 Å². The minimum absolute atomic E-state index is 0.0537. The molecule has 1 aliphatic carbocycles. The van der Waals surface area contributed by atoms with Crippen molar-refractivity contribution in [2.75, 3.05) is 0 Å². The second-order valence-electron chi connectivity index (χ2n) is 19.4. The number of pyridine rings is 1. The van der Waals surface area contributed by atoms with Gasteiger partial charge in [0, 0.05) is 46.3 Å². The van der Waals surface area contributed by atoms with Gasteiger partial charge in [0.05, 0.1) is 22.4 Å². The Morgan fingerprint density at radius 3 is 2.20 bits per heavy atom. The van der Waals surface area contributed by atoms with E-state index in [4.69, 9.17) is 14.8 Å². The zero-order valence-corrected chi connectivity index (χ0v) is 35.6. The van der Waals surface area contributed by atoms with Gasteiger partial charge in [-0.25, -0.2) is 9.67 Å². The molecule has 1 aliphatic rings. The van der Waals surface area contributed by atoms with Gasteiger partial charge in [0.1, 0.15) is 17.3 Å². The number of aryl methyl sites for hydroxylation is 2. The molecular weight excluding hydrogens is 673 g/mol. The Balaban J connectivity index is 1.35. The van der Waals surface area contributed by atoms with Crippen LogP contribution in [0.2, 0.25) is 0 Å². The number of para-hydroxylation sites is 1. The van der Waals surface area contributed by atoms with Crippen LogP contribution in [0.4, 0.5) is 0 Å². The van der Waals surface area contributed by atoms with Crippen LogP contribution < -0.4 is 4.74 Å². The van der Waals surface area contributed by atoms with Crippen LogP contribution in [-0.2, 0) is 11.8 Å². The molecule has 3 atom stereocenters. The molecule has 0 aliphatic heterocycles. The molecule has 5 nitrogen and oxygen atoms in total. The summed E-state index contributed by atoms with van der Waals surface area (Å²) in [4.78, 5) is 4.86. The van der Waals surface area contributed by atoms with Gasteiger partial charge in [0.25, 0.3) is 0 Å². The van der Waals surface area contributed by atoms with Crippen LogP contribution in [0.25, 0.3) is 33.3 Å². The zero-order chi connectivity index (χ0) is 39.6. The maximum absolute atomic E-state index is 6.88. The first kappa shape index (κ1) is 38.6. The lowest BCUT2D eigenvalue weighted by Crippen LogP contribution is -2.36. The Bertz CT molecular complexity index is 2400. The van der Waals surface area contributed by atoms with Crippen LogP contribution >= 0.6 is 0 Å². The van der Waals surface area contributed by atoms with Gasteiger partial charge in [-0.05, 0) is 108 Å². The number of hydrogen-bond acceptors (Lipinski definition) is 3. The molecule has 7 rings (SSSR count). The third-order valence-corrected chi connectivity index (χ3v) is 11.9. The van der Waals surface area contributed by atoms with Crippen molar-refractivity contribution in [3.8, 4) is 23.0 Å². The van der Waals surface area contributed by atoms with Gasteiger partial charge < -0.3 is 4.74 Å². The van der Waals surface area contributed by atoms with Crippen molar-refractivity contribution in [1.29, 1.82) is 0 Å². The molecule has 0 bridgehead atoms. The second kappa shape index (κ2) is 14.1. The maximum atomic E-state index is 6.88. The van der Waals surface area contributed by atoms with Gasteiger partial charge in [-0.3, -0.25) is 4.57 Å². The summed E-state index contributed by atoms with van der Waals surface area (Å²) < 4.78 is 11.3. The molecule has 0 saturated carbocycles. The van der Waals surface area contributed by atoms with E-state index in [1.807, 2.05) is 6.20 Å². The molecule has 0 amide bonds. The number of benzene rings is 3. The van der Waals surface area contributed by atoms with E-state index in [0.29, 0.717) is 17.8 Å². The molecule has 55 heavy (non-hydrogen) atoms. The van der Waals surface area contributed by atoms with Crippen molar-refractivity contribution in [3.63, 3.8) is 0 Å². The van der Waals surface area contributed by atoms with E-state index in [9.17, 15) is 0 Å².